The Bertz CT molecular complexity index is 605. The third-order valence-corrected chi connectivity index (χ3v) is 4.22. The molecular weight excluding hydrogens is 319 g/mol. The van der Waals surface area contributed by atoms with Crippen LogP contribution in [0, 0.1) is 17.2 Å². The molecule has 0 radical (unpaired) electrons. The fourth-order valence-electron chi connectivity index (χ4n) is 2.65. The van der Waals surface area contributed by atoms with E-state index in [0.29, 0.717) is 31.0 Å². The number of benzene rings is 1. The molecule has 0 bridgehead atoms. The van der Waals surface area contributed by atoms with Crippen molar-refractivity contribution in [1.82, 2.24) is 4.90 Å². The third kappa shape index (κ3) is 4.44. The van der Waals surface area contributed by atoms with Gasteiger partial charge in [0, 0.05) is 29.4 Å². The summed E-state index contributed by atoms with van der Waals surface area (Å²) in [6.07, 6.45) is 1.16. The highest BCUT2D eigenvalue weighted by Crippen LogP contribution is 2.25. The van der Waals surface area contributed by atoms with Gasteiger partial charge in [0.1, 0.15) is 5.82 Å². The molecule has 1 aromatic carbocycles. The minimum absolute atomic E-state index is 0.0932. The summed E-state index contributed by atoms with van der Waals surface area (Å²) >= 11 is 5.82. The zero-order chi connectivity index (χ0) is 17.2. The van der Waals surface area contributed by atoms with Gasteiger partial charge in [0.2, 0.25) is 11.8 Å². The van der Waals surface area contributed by atoms with Gasteiger partial charge in [-0.2, -0.15) is 0 Å². The van der Waals surface area contributed by atoms with Crippen LogP contribution in [0.2, 0.25) is 5.02 Å². The molecule has 1 aliphatic rings. The van der Waals surface area contributed by atoms with Crippen LogP contribution in [-0.4, -0.2) is 29.8 Å². The third-order valence-electron chi connectivity index (χ3n) is 3.98. The Morgan fingerprint density at radius 1 is 1.26 bits per heavy atom. The standard InChI is InChI=1S/C17H22ClFN2O2/c1-17(2,3)16(23)21-8-6-11(7-9-21)15(22)20-14-10-12(18)4-5-13(14)19/h4-5,10-11H,6-9H2,1-3H3,(H,20,22). The summed E-state index contributed by atoms with van der Waals surface area (Å²) in [6.45, 7) is 6.75. The van der Waals surface area contributed by atoms with Crippen LogP contribution in [0.4, 0.5) is 10.1 Å². The number of carbonyl (C=O) groups is 2. The molecular formula is C17H22ClFN2O2. The van der Waals surface area contributed by atoms with Gasteiger partial charge in [-0.15, -0.1) is 0 Å². The summed E-state index contributed by atoms with van der Waals surface area (Å²) in [5, 5.41) is 2.96. The van der Waals surface area contributed by atoms with Gasteiger partial charge in [-0.3, -0.25) is 9.59 Å². The quantitative estimate of drug-likeness (QED) is 0.892. The normalized spacial score (nSPS) is 16.3. The Labute approximate surface area is 141 Å². The number of hydrogen-bond acceptors (Lipinski definition) is 2. The van der Waals surface area contributed by atoms with Crippen molar-refractivity contribution < 1.29 is 14.0 Å². The van der Waals surface area contributed by atoms with Gasteiger partial charge in [0.25, 0.3) is 0 Å². The number of rotatable bonds is 2. The summed E-state index contributed by atoms with van der Waals surface area (Å²) in [5.41, 5.74) is -0.324. The fraction of sp³-hybridized carbons (Fsp3) is 0.529. The van der Waals surface area contributed by atoms with Gasteiger partial charge in [0.15, 0.2) is 0 Å². The molecule has 0 unspecified atom stereocenters. The van der Waals surface area contributed by atoms with E-state index in [-0.39, 0.29) is 23.4 Å². The van der Waals surface area contributed by atoms with Gasteiger partial charge >= 0.3 is 0 Å². The Morgan fingerprint density at radius 2 is 1.87 bits per heavy atom. The number of nitrogens with one attached hydrogen (secondary N) is 1. The minimum atomic E-state index is -0.511. The monoisotopic (exact) mass is 340 g/mol. The van der Waals surface area contributed by atoms with Gasteiger partial charge in [-0.05, 0) is 31.0 Å². The van der Waals surface area contributed by atoms with Crippen LogP contribution < -0.4 is 5.32 Å². The Kier molecular flexibility index (Phi) is 5.30. The molecule has 0 aromatic heterocycles. The van der Waals surface area contributed by atoms with E-state index in [4.69, 9.17) is 11.6 Å². The van der Waals surface area contributed by atoms with E-state index in [1.165, 1.54) is 18.2 Å². The lowest BCUT2D eigenvalue weighted by Crippen LogP contribution is -2.45. The Morgan fingerprint density at radius 3 is 2.43 bits per heavy atom. The Hall–Kier alpha value is -1.62. The molecule has 4 nitrogen and oxygen atoms in total. The minimum Gasteiger partial charge on any atom is -0.342 e. The van der Waals surface area contributed by atoms with Gasteiger partial charge in [-0.25, -0.2) is 4.39 Å². The zero-order valence-corrected chi connectivity index (χ0v) is 14.4. The van der Waals surface area contributed by atoms with Crippen LogP contribution in [0.1, 0.15) is 33.6 Å². The van der Waals surface area contributed by atoms with E-state index in [1.54, 1.807) is 4.90 Å². The maximum Gasteiger partial charge on any atom is 0.227 e. The lowest BCUT2D eigenvalue weighted by Gasteiger charge is -2.35. The number of carbonyl (C=O) groups excluding carboxylic acids is 2. The molecule has 1 N–H and O–H groups in total. The summed E-state index contributed by atoms with van der Waals surface area (Å²) < 4.78 is 13.7. The van der Waals surface area contributed by atoms with Gasteiger partial charge < -0.3 is 10.2 Å². The second-order valence-electron chi connectivity index (χ2n) is 6.93. The number of anilines is 1. The number of piperidine rings is 1. The molecule has 1 aliphatic heterocycles. The van der Waals surface area contributed by atoms with Crippen LogP contribution in [0.15, 0.2) is 18.2 Å². The highest BCUT2D eigenvalue weighted by atomic mass is 35.5. The number of likely N-dealkylation sites (tertiary alicyclic amines) is 1. The average molecular weight is 341 g/mol. The van der Waals surface area contributed by atoms with Crippen molar-refractivity contribution in [3.05, 3.63) is 29.0 Å². The highest BCUT2D eigenvalue weighted by molar-refractivity contribution is 6.30. The molecule has 23 heavy (non-hydrogen) atoms. The number of nitrogens with zero attached hydrogens (tertiary/aromatic N) is 1. The highest BCUT2D eigenvalue weighted by Gasteiger charge is 2.32. The molecule has 0 saturated carbocycles. The van der Waals surface area contributed by atoms with E-state index < -0.39 is 11.2 Å². The van der Waals surface area contributed by atoms with Crippen LogP contribution in [0.5, 0.6) is 0 Å². The second kappa shape index (κ2) is 6.87. The van der Waals surface area contributed by atoms with Crippen LogP contribution in [0.25, 0.3) is 0 Å². The summed E-state index contributed by atoms with van der Waals surface area (Å²) in [4.78, 5) is 26.3. The Balaban J connectivity index is 1.94. The molecule has 2 amide bonds. The maximum absolute atomic E-state index is 13.7. The van der Waals surface area contributed by atoms with Crippen LogP contribution in [0.3, 0.4) is 0 Å². The van der Waals surface area contributed by atoms with Gasteiger partial charge in [0.05, 0.1) is 5.69 Å². The number of amides is 2. The first-order valence-corrected chi connectivity index (χ1v) is 8.11. The molecule has 0 spiro atoms. The van der Waals surface area contributed by atoms with Crippen molar-refractivity contribution in [2.24, 2.45) is 11.3 Å². The SMILES string of the molecule is CC(C)(C)C(=O)N1CCC(C(=O)Nc2cc(Cl)ccc2F)CC1. The predicted molar refractivity (Wildman–Crippen MR) is 88.8 cm³/mol. The molecule has 2 rings (SSSR count). The van der Waals surface area contributed by atoms with Crippen molar-refractivity contribution in [1.29, 1.82) is 0 Å². The molecule has 6 heteroatoms. The van der Waals surface area contributed by atoms with Crippen molar-refractivity contribution in [2.75, 3.05) is 18.4 Å². The van der Waals surface area contributed by atoms with Crippen LogP contribution in [-0.2, 0) is 9.59 Å². The van der Waals surface area contributed by atoms with Crippen LogP contribution >= 0.6 is 11.6 Å². The van der Waals surface area contributed by atoms with Gasteiger partial charge in [-0.1, -0.05) is 32.4 Å². The van der Waals surface area contributed by atoms with E-state index in [1.807, 2.05) is 20.8 Å². The maximum atomic E-state index is 13.7. The van der Waals surface area contributed by atoms with Crippen molar-refractivity contribution in [3.63, 3.8) is 0 Å². The molecule has 126 valence electrons. The van der Waals surface area contributed by atoms with E-state index in [0.717, 1.165) is 0 Å². The molecule has 1 fully saturated rings. The predicted octanol–water partition coefficient (Wildman–Crippen LogP) is 3.70. The zero-order valence-electron chi connectivity index (χ0n) is 13.7. The smallest absolute Gasteiger partial charge is 0.227 e. The van der Waals surface area contributed by atoms with E-state index in [9.17, 15) is 14.0 Å². The lowest BCUT2D eigenvalue weighted by molar-refractivity contribution is -0.142. The summed E-state index contributed by atoms with van der Waals surface area (Å²) in [7, 11) is 0. The van der Waals surface area contributed by atoms with Crippen molar-refractivity contribution in [2.45, 2.75) is 33.6 Å². The first-order chi connectivity index (χ1) is 10.7. The fourth-order valence-corrected chi connectivity index (χ4v) is 2.82. The summed E-state index contributed by atoms with van der Waals surface area (Å²) in [5.74, 6) is -0.869. The summed E-state index contributed by atoms with van der Waals surface area (Å²) in [6, 6.07) is 4.05. The molecule has 0 aliphatic carbocycles. The molecule has 1 heterocycles. The van der Waals surface area contributed by atoms with E-state index in [2.05, 4.69) is 5.32 Å². The second-order valence-corrected chi connectivity index (χ2v) is 7.37. The number of halogens is 2. The number of hydrogen-bond donors (Lipinski definition) is 1. The van der Waals surface area contributed by atoms with E-state index >= 15 is 0 Å². The van der Waals surface area contributed by atoms with Crippen molar-refractivity contribution in [3.8, 4) is 0 Å². The largest absolute Gasteiger partial charge is 0.342 e. The van der Waals surface area contributed by atoms with Crippen molar-refractivity contribution >= 4 is 29.1 Å². The lowest BCUT2D eigenvalue weighted by atomic mass is 9.90. The molecule has 0 atom stereocenters. The first-order valence-electron chi connectivity index (χ1n) is 7.74. The molecule has 1 saturated heterocycles. The average Bonchev–Trinajstić information content (AvgIpc) is 2.49. The topological polar surface area (TPSA) is 49.4 Å². The first kappa shape index (κ1) is 17.7. The molecule has 1 aromatic rings.